The van der Waals surface area contributed by atoms with Crippen LogP contribution in [-0.2, 0) is 23.6 Å². The zero-order valence-electron chi connectivity index (χ0n) is 16.0. The highest BCUT2D eigenvalue weighted by atomic mass is 32.2. The Labute approximate surface area is 173 Å². The molecule has 3 aromatic heterocycles. The van der Waals surface area contributed by atoms with Crippen molar-refractivity contribution >= 4 is 21.6 Å². The van der Waals surface area contributed by atoms with Gasteiger partial charge in [-0.25, -0.2) is 13.1 Å². The van der Waals surface area contributed by atoms with Crippen LogP contribution in [0, 0.1) is 0 Å². The molecule has 0 fully saturated rings. The molecule has 0 bridgehead atoms. The lowest BCUT2D eigenvalue weighted by Crippen LogP contribution is -2.23. The Hall–Kier alpha value is -3.63. The van der Waals surface area contributed by atoms with Gasteiger partial charge in [0.2, 0.25) is 10.0 Å². The third-order valence-electron chi connectivity index (χ3n) is 4.42. The van der Waals surface area contributed by atoms with Gasteiger partial charge in [-0.2, -0.15) is 5.10 Å². The van der Waals surface area contributed by atoms with Crippen LogP contribution in [0.15, 0.2) is 82.7 Å². The molecular weight excluding hydrogens is 406 g/mol. The van der Waals surface area contributed by atoms with Crippen LogP contribution >= 0.6 is 0 Å². The van der Waals surface area contributed by atoms with Gasteiger partial charge in [0.25, 0.3) is 5.91 Å². The van der Waals surface area contributed by atoms with E-state index in [-0.39, 0.29) is 11.4 Å². The third kappa shape index (κ3) is 4.04. The topological polar surface area (TPSA) is 111 Å². The largest absolute Gasteiger partial charge is 0.468 e. The fourth-order valence-corrected chi connectivity index (χ4v) is 4.01. The van der Waals surface area contributed by atoms with Crippen LogP contribution in [0.25, 0.3) is 5.82 Å². The van der Waals surface area contributed by atoms with Gasteiger partial charge in [-0.15, -0.1) is 0 Å². The molecule has 10 heteroatoms. The molecule has 0 aliphatic heterocycles. The number of amides is 1. The number of rotatable bonds is 7. The molecule has 30 heavy (non-hydrogen) atoms. The number of sulfonamides is 1. The van der Waals surface area contributed by atoms with Crippen LogP contribution in [0.2, 0.25) is 0 Å². The van der Waals surface area contributed by atoms with E-state index in [1.807, 2.05) is 24.5 Å². The minimum Gasteiger partial charge on any atom is -0.468 e. The zero-order valence-corrected chi connectivity index (χ0v) is 16.8. The smallest absolute Gasteiger partial charge is 0.261 e. The summed E-state index contributed by atoms with van der Waals surface area (Å²) < 4.78 is 36.1. The van der Waals surface area contributed by atoms with E-state index in [9.17, 15) is 13.2 Å². The zero-order chi connectivity index (χ0) is 21.1. The van der Waals surface area contributed by atoms with E-state index in [0.29, 0.717) is 22.8 Å². The Morgan fingerprint density at radius 1 is 1.13 bits per heavy atom. The van der Waals surface area contributed by atoms with Crippen molar-refractivity contribution < 1.29 is 17.6 Å². The summed E-state index contributed by atoms with van der Waals surface area (Å²) in [7, 11) is -2.04. The highest BCUT2D eigenvalue weighted by Gasteiger charge is 2.19. The van der Waals surface area contributed by atoms with Crippen LogP contribution < -0.4 is 10.0 Å². The highest BCUT2D eigenvalue weighted by Crippen LogP contribution is 2.19. The van der Waals surface area contributed by atoms with E-state index >= 15 is 0 Å². The normalized spacial score (nSPS) is 11.5. The summed E-state index contributed by atoms with van der Waals surface area (Å²) in [5.74, 6) is 0.698. The van der Waals surface area contributed by atoms with Crippen LogP contribution in [0.4, 0.5) is 5.69 Å². The quantitative estimate of drug-likeness (QED) is 0.473. The van der Waals surface area contributed by atoms with E-state index in [4.69, 9.17) is 4.42 Å². The molecule has 0 aliphatic rings. The Bertz CT molecular complexity index is 1260. The summed E-state index contributed by atoms with van der Waals surface area (Å²) in [6.07, 6.45) is 6.56. The van der Waals surface area contributed by atoms with Gasteiger partial charge in [0, 0.05) is 25.1 Å². The first-order valence-corrected chi connectivity index (χ1v) is 10.5. The molecule has 0 aliphatic carbocycles. The van der Waals surface area contributed by atoms with Gasteiger partial charge in [-0.3, -0.25) is 9.48 Å². The lowest BCUT2D eigenvalue weighted by atomic mass is 10.2. The minimum absolute atomic E-state index is 0.0296. The standard InChI is InChI=1S/C20H19N5O4S/c1-24-20(25-9-2-3-10-25)18(14-21-24)19(26)23-15-6-4-8-17(12-15)30(27,28)22-13-16-7-5-11-29-16/h2-12,14,22H,13H2,1H3,(H,23,26). The van der Waals surface area contributed by atoms with Crippen molar-refractivity contribution in [2.24, 2.45) is 7.05 Å². The monoisotopic (exact) mass is 425 g/mol. The van der Waals surface area contributed by atoms with Gasteiger partial charge in [0.15, 0.2) is 0 Å². The van der Waals surface area contributed by atoms with Gasteiger partial charge in [-0.1, -0.05) is 6.07 Å². The second kappa shape index (κ2) is 8.01. The number of carbonyl (C=O) groups excluding carboxylic acids is 1. The molecular formula is C20H19N5O4S. The van der Waals surface area contributed by atoms with E-state index in [1.54, 1.807) is 40.6 Å². The molecule has 4 aromatic rings. The average molecular weight is 425 g/mol. The van der Waals surface area contributed by atoms with E-state index < -0.39 is 15.9 Å². The SMILES string of the molecule is Cn1ncc(C(=O)Nc2cccc(S(=O)(=O)NCc3ccco3)c2)c1-n1cccc1. The molecule has 1 aromatic carbocycles. The van der Waals surface area contributed by atoms with E-state index in [0.717, 1.165) is 0 Å². The van der Waals surface area contributed by atoms with Crippen molar-refractivity contribution in [2.45, 2.75) is 11.4 Å². The second-order valence-corrected chi connectivity index (χ2v) is 8.25. The van der Waals surface area contributed by atoms with Crippen LogP contribution in [-0.4, -0.2) is 28.7 Å². The molecule has 0 atom stereocenters. The lowest BCUT2D eigenvalue weighted by Gasteiger charge is -2.10. The predicted octanol–water partition coefficient (Wildman–Crippen LogP) is 2.53. The van der Waals surface area contributed by atoms with E-state index in [1.165, 1.54) is 24.6 Å². The number of aromatic nitrogens is 3. The molecule has 2 N–H and O–H groups in total. The number of benzene rings is 1. The fraction of sp³-hybridized carbons (Fsp3) is 0.100. The van der Waals surface area contributed by atoms with Crippen molar-refractivity contribution in [1.29, 1.82) is 0 Å². The summed E-state index contributed by atoms with van der Waals surface area (Å²) >= 11 is 0. The highest BCUT2D eigenvalue weighted by molar-refractivity contribution is 7.89. The molecule has 0 unspecified atom stereocenters. The summed E-state index contributed by atoms with van der Waals surface area (Å²) in [5, 5.41) is 6.90. The Balaban J connectivity index is 1.53. The van der Waals surface area contributed by atoms with Crippen molar-refractivity contribution in [2.75, 3.05) is 5.32 Å². The first-order chi connectivity index (χ1) is 14.4. The number of nitrogens with one attached hydrogen (secondary N) is 2. The fourth-order valence-electron chi connectivity index (χ4n) is 2.98. The van der Waals surface area contributed by atoms with Crippen molar-refractivity contribution in [3.05, 3.63) is 84.7 Å². The molecule has 0 radical (unpaired) electrons. The molecule has 0 saturated carbocycles. The first kappa shape index (κ1) is 19.7. The van der Waals surface area contributed by atoms with Gasteiger partial charge >= 0.3 is 0 Å². The van der Waals surface area contributed by atoms with Gasteiger partial charge in [0.1, 0.15) is 17.1 Å². The summed E-state index contributed by atoms with van der Waals surface area (Å²) in [4.78, 5) is 12.9. The number of hydrogen-bond donors (Lipinski definition) is 2. The third-order valence-corrected chi connectivity index (χ3v) is 5.82. The molecule has 9 nitrogen and oxygen atoms in total. The number of aryl methyl sites for hydroxylation is 1. The number of furan rings is 1. The number of carbonyl (C=O) groups is 1. The van der Waals surface area contributed by atoms with Gasteiger partial charge in [-0.05, 0) is 42.5 Å². The Morgan fingerprint density at radius 3 is 2.67 bits per heavy atom. The van der Waals surface area contributed by atoms with Crippen molar-refractivity contribution in [3.63, 3.8) is 0 Å². The van der Waals surface area contributed by atoms with E-state index in [2.05, 4.69) is 15.1 Å². The summed E-state index contributed by atoms with van der Waals surface area (Å²) in [6, 6.07) is 13.1. The number of anilines is 1. The van der Waals surface area contributed by atoms with Crippen molar-refractivity contribution in [1.82, 2.24) is 19.1 Å². The Kier molecular flexibility index (Phi) is 5.25. The molecule has 4 rings (SSSR count). The van der Waals surface area contributed by atoms with Crippen LogP contribution in [0.5, 0.6) is 0 Å². The van der Waals surface area contributed by atoms with Gasteiger partial charge < -0.3 is 14.3 Å². The molecule has 1 amide bonds. The van der Waals surface area contributed by atoms with Crippen molar-refractivity contribution in [3.8, 4) is 5.82 Å². The molecule has 154 valence electrons. The van der Waals surface area contributed by atoms with Crippen LogP contribution in [0.1, 0.15) is 16.1 Å². The Morgan fingerprint density at radius 2 is 1.93 bits per heavy atom. The van der Waals surface area contributed by atoms with Gasteiger partial charge in [0.05, 0.1) is 23.9 Å². The maximum atomic E-state index is 12.8. The predicted molar refractivity (Wildman–Crippen MR) is 110 cm³/mol. The lowest BCUT2D eigenvalue weighted by molar-refractivity contribution is 0.102. The molecule has 0 spiro atoms. The number of hydrogen-bond acceptors (Lipinski definition) is 5. The summed E-state index contributed by atoms with van der Waals surface area (Å²) in [5.41, 5.74) is 0.709. The average Bonchev–Trinajstić information content (AvgIpc) is 3.48. The number of nitrogens with zero attached hydrogens (tertiary/aromatic N) is 3. The summed E-state index contributed by atoms with van der Waals surface area (Å²) in [6.45, 7) is 0.0296. The molecule has 0 saturated heterocycles. The maximum absolute atomic E-state index is 12.8. The minimum atomic E-state index is -3.78. The second-order valence-electron chi connectivity index (χ2n) is 6.48. The maximum Gasteiger partial charge on any atom is 0.261 e. The molecule has 3 heterocycles. The first-order valence-electron chi connectivity index (χ1n) is 9.03. The van der Waals surface area contributed by atoms with Crippen LogP contribution in [0.3, 0.4) is 0 Å².